The van der Waals surface area contributed by atoms with Gasteiger partial charge in [-0.25, -0.2) is 0 Å². The fourth-order valence-electron chi connectivity index (χ4n) is 8.09. The summed E-state index contributed by atoms with van der Waals surface area (Å²) in [7, 11) is 0. The summed E-state index contributed by atoms with van der Waals surface area (Å²) < 4.78 is 16.8. The summed E-state index contributed by atoms with van der Waals surface area (Å²) in [5, 5.41) is 0. The Labute approximate surface area is 462 Å². The van der Waals surface area contributed by atoms with Gasteiger partial charge < -0.3 is 14.2 Å². The van der Waals surface area contributed by atoms with E-state index in [9.17, 15) is 14.4 Å². The topological polar surface area (TPSA) is 78.9 Å². The molecular formula is C69H112O6. The summed E-state index contributed by atoms with van der Waals surface area (Å²) in [5.41, 5.74) is 0. The minimum Gasteiger partial charge on any atom is -0.462 e. The summed E-state index contributed by atoms with van der Waals surface area (Å²) >= 11 is 0. The SMILES string of the molecule is CC/C=C\C/C=C\C/C=C\C/C=C\C/C=C\CCCCCCCCCCCC(=O)OCC(COC(=O)CCCCCCC/C=C\CCCCCCCC)OC(=O)CCC/C=C\C/C=C\C/C=C\C/C=C\C/C=C\CC. The van der Waals surface area contributed by atoms with E-state index in [-0.39, 0.29) is 37.5 Å². The molecule has 0 saturated carbocycles. The van der Waals surface area contributed by atoms with Gasteiger partial charge in [0.1, 0.15) is 13.2 Å². The van der Waals surface area contributed by atoms with E-state index in [4.69, 9.17) is 14.2 Å². The van der Waals surface area contributed by atoms with Crippen LogP contribution in [0.5, 0.6) is 0 Å². The number of allylic oxidation sites excluding steroid dienone is 22. The molecule has 0 aromatic carbocycles. The molecule has 0 aliphatic heterocycles. The highest BCUT2D eigenvalue weighted by molar-refractivity contribution is 5.71. The first kappa shape index (κ1) is 70.5. The van der Waals surface area contributed by atoms with Crippen molar-refractivity contribution in [1.82, 2.24) is 0 Å². The molecule has 0 N–H and O–H groups in total. The van der Waals surface area contributed by atoms with Crippen LogP contribution >= 0.6 is 0 Å². The third-order valence-corrected chi connectivity index (χ3v) is 12.6. The molecule has 0 spiro atoms. The molecule has 0 rings (SSSR count). The minimum atomic E-state index is -0.819. The van der Waals surface area contributed by atoms with Gasteiger partial charge in [0.25, 0.3) is 0 Å². The Morgan fingerprint density at radius 1 is 0.280 bits per heavy atom. The van der Waals surface area contributed by atoms with Crippen molar-refractivity contribution in [3.8, 4) is 0 Å². The molecule has 0 aromatic heterocycles. The first-order valence-corrected chi connectivity index (χ1v) is 30.7. The Kier molecular flexibility index (Phi) is 58.4. The minimum absolute atomic E-state index is 0.110. The third kappa shape index (κ3) is 60.3. The molecule has 0 saturated heterocycles. The molecule has 0 fully saturated rings. The maximum atomic E-state index is 12.9. The van der Waals surface area contributed by atoms with Crippen LogP contribution in [0.2, 0.25) is 0 Å². The second-order valence-corrected chi connectivity index (χ2v) is 19.8. The molecule has 0 aromatic rings. The number of rotatable bonds is 54. The van der Waals surface area contributed by atoms with E-state index in [0.717, 1.165) is 128 Å². The first-order valence-electron chi connectivity index (χ1n) is 30.7. The Morgan fingerprint density at radius 2 is 0.533 bits per heavy atom. The van der Waals surface area contributed by atoms with Crippen LogP contribution in [0.15, 0.2) is 134 Å². The quantitative estimate of drug-likeness (QED) is 0.0261. The van der Waals surface area contributed by atoms with Gasteiger partial charge in [0, 0.05) is 19.3 Å². The van der Waals surface area contributed by atoms with Crippen molar-refractivity contribution >= 4 is 17.9 Å². The zero-order valence-electron chi connectivity index (χ0n) is 48.5. The summed E-state index contributed by atoms with van der Waals surface area (Å²) in [6, 6.07) is 0. The monoisotopic (exact) mass is 1040 g/mol. The molecule has 424 valence electrons. The second-order valence-electron chi connectivity index (χ2n) is 19.8. The highest BCUT2D eigenvalue weighted by Crippen LogP contribution is 2.14. The standard InChI is InChI=1S/C69H112O6/c1-4-7-10-13-16-19-22-25-28-30-31-32-33-34-35-36-37-39-41-44-47-50-53-56-59-62-68(71)74-65-66(64-73-67(70)61-58-55-52-49-46-43-40-27-24-21-18-15-12-9-6-3)75-69(72)63-60-57-54-51-48-45-42-38-29-26-23-20-17-14-11-8-5-2/h7-8,10-11,16-17,19-20,25-29,31-32,34-35,40,42,45,51,54,66H,4-6,9,12-15,18,21-24,30,33,36-39,41,43-44,46-50,52-53,55-65H2,1-3H3/b10-7-,11-8-,19-16-,20-17-,28-25-,29-26-,32-31-,35-34-,40-27-,45-42-,54-51-. The lowest BCUT2D eigenvalue weighted by atomic mass is 10.1. The van der Waals surface area contributed by atoms with Crippen LogP contribution in [0.4, 0.5) is 0 Å². The van der Waals surface area contributed by atoms with E-state index in [1.54, 1.807) is 0 Å². The molecule has 0 heterocycles. The van der Waals surface area contributed by atoms with Crippen LogP contribution < -0.4 is 0 Å². The zero-order valence-corrected chi connectivity index (χ0v) is 48.5. The van der Waals surface area contributed by atoms with Crippen LogP contribution in [0.3, 0.4) is 0 Å². The fraction of sp³-hybridized carbons (Fsp3) is 0.638. The number of unbranched alkanes of at least 4 members (excludes halogenated alkanes) is 21. The molecule has 0 bridgehead atoms. The van der Waals surface area contributed by atoms with Crippen LogP contribution in [0, 0.1) is 0 Å². The molecule has 0 aliphatic carbocycles. The van der Waals surface area contributed by atoms with Crippen molar-refractivity contribution in [2.24, 2.45) is 0 Å². The molecule has 1 unspecified atom stereocenters. The number of hydrogen-bond acceptors (Lipinski definition) is 6. The Hall–Kier alpha value is -4.45. The van der Waals surface area contributed by atoms with Crippen molar-refractivity contribution in [3.05, 3.63) is 134 Å². The van der Waals surface area contributed by atoms with Gasteiger partial charge in [-0.05, 0) is 128 Å². The zero-order chi connectivity index (χ0) is 54.3. The van der Waals surface area contributed by atoms with Crippen molar-refractivity contribution < 1.29 is 28.6 Å². The molecule has 0 radical (unpaired) electrons. The third-order valence-electron chi connectivity index (χ3n) is 12.6. The van der Waals surface area contributed by atoms with Crippen molar-refractivity contribution in [1.29, 1.82) is 0 Å². The summed E-state index contributed by atoms with van der Waals surface area (Å²) in [5.74, 6) is -0.983. The van der Waals surface area contributed by atoms with Crippen LogP contribution in [-0.4, -0.2) is 37.2 Å². The van der Waals surface area contributed by atoms with Gasteiger partial charge in [-0.2, -0.15) is 0 Å². The average Bonchev–Trinajstić information content (AvgIpc) is 3.41. The molecule has 75 heavy (non-hydrogen) atoms. The molecule has 0 amide bonds. The van der Waals surface area contributed by atoms with Gasteiger partial charge in [-0.3, -0.25) is 14.4 Å². The Morgan fingerprint density at radius 3 is 0.867 bits per heavy atom. The number of hydrogen-bond donors (Lipinski definition) is 0. The van der Waals surface area contributed by atoms with Crippen molar-refractivity contribution in [3.63, 3.8) is 0 Å². The lowest BCUT2D eigenvalue weighted by Crippen LogP contribution is -2.30. The highest BCUT2D eigenvalue weighted by Gasteiger charge is 2.19. The van der Waals surface area contributed by atoms with E-state index in [1.807, 2.05) is 0 Å². The van der Waals surface area contributed by atoms with Crippen molar-refractivity contribution in [2.75, 3.05) is 13.2 Å². The molecule has 1 atom stereocenters. The number of esters is 3. The predicted molar refractivity (Wildman–Crippen MR) is 325 cm³/mol. The van der Waals surface area contributed by atoms with Gasteiger partial charge in [0.05, 0.1) is 0 Å². The number of carbonyl (C=O) groups is 3. The smallest absolute Gasteiger partial charge is 0.306 e. The molecule has 6 heteroatoms. The Bertz CT molecular complexity index is 1620. The van der Waals surface area contributed by atoms with Gasteiger partial charge in [-0.1, -0.05) is 251 Å². The van der Waals surface area contributed by atoms with Gasteiger partial charge in [-0.15, -0.1) is 0 Å². The second kappa shape index (κ2) is 62.1. The van der Waals surface area contributed by atoms with Crippen LogP contribution in [0.25, 0.3) is 0 Å². The summed E-state index contributed by atoms with van der Waals surface area (Å²) in [4.78, 5) is 38.2. The van der Waals surface area contributed by atoms with E-state index in [0.29, 0.717) is 19.3 Å². The molecule has 0 aliphatic rings. The average molecular weight is 1040 g/mol. The maximum Gasteiger partial charge on any atom is 0.306 e. The Balaban J connectivity index is 4.45. The van der Waals surface area contributed by atoms with Crippen LogP contribution in [0.1, 0.15) is 265 Å². The van der Waals surface area contributed by atoms with Crippen molar-refractivity contribution in [2.45, 2.75) is 271 Å². The van der Waals surface area contributed by atoms with E-state index in [1.165, 1.54) is 89.9 Å². The molecule has 6 nitrogen and oxygen atoms in total. The maximum absolute atomic E-state index is 12.9. The highest BCUT2D eigenvalue weighted by atomic mass is 16.6. The lowest BCUT2D eigenvalue weighted by molar-refractivity contribution is -0.167. The van der Waals surface area contributed by atoms with Gasteiger partial charge >= 0.3 is 17.9 Å². The van der Waals surface area contributed by atoms with Crippen LogP contribution in [-0.2, 0) is 28.6 Å². The summed E-state index contributed by atoms with van der Waals surface area (Å²) in [6.45, 7) is 6.35. The van der Waals surface area contributed by atoms with Gasteiger partial charge in [0.2, 0.25) is 0 Å². The largest absolute Gasteiger partial charge is 0.462 e. The lowest BCUT2D eigenvalue weighted by Gasteiger charge is -2.18. The first-order chi connectivity index (χ1) is 37.0. The number of carbonyl (C=O) groups excluding carboxylic acids is 3. The van der Waals surface area contributed by atoms with E-state index >= 15 is 0 Å². The van der Waals surface area contributed by atoms with Gasteiger partial charge in [0.15, 0.2) is 6.10 Å². The summed E-state index contributed by atoms with van der Waals surface area (Å²) in [6.07, 6.45) is 87.4. The number of ether oxygens (including phenoxy) is 3. The molecular weight excluding hydrogens is 925 g/mol. The van der Waals surface area contributed by atoms with E-state index in [2.05, 4.69) is 154 Å². The fourth-order valence-corrected chi connectivity index (χ4v) is 8.09. The predicted octanol–water partition coefficient (Wildman–Crippen LogP) is 21.0. The van der Waals surface area contributed by atoms with E-state index < -0.39 is 6.10 Å². The normalized spacial score (nSPS) is 13.1.